The summed E-state index contributed by atoms with van der Waals surface area (Å²) in [6, 6.07) is 25.8. The standard InChI is InChI=1S/C31H19F3N4O4S2/c32-31(33,34)24-15-13-21(14-16-24)30-35-26(18-43-30)19-9-11-20(12-10-19)27-36-29(42-37-27)23-6-4-5-22(17-23)28(39)38-44(40,41)25-7-2-1-3-8-25/h1-18H,(H,38,39). The minimum absolute atomic E-state index is 0.0357. The van der Waals surface area contributed by atoms with Crippen LogP contribution in [0.2, 0.25) is 0 Å². The van der Waals surface area contributed by atoms with Crippen molar-refractivity contribution in [2.45, 2.75) is 11.1 Å². The Morgan fingerprint density at radius 2 is 1.45 bits per heavy atom. The van der Waals surface area contributed by atoms with E-state index in [2.05, 4.69) is 19.8 Å². The average Bonchev–Trinajstić information content (AvgIpc) is 3.72. The van der Waals surface area contributed by atoms with Gasteiger partial charge in [-0.05, 0) is 42.5 Å². The number of halogens is 3. The molecule has 8 nitrogen and oxygen atoms in total. The summed E-state index contributed by atoms with van der Waals surface area (Å²) in [5.41, 5.74) is 2.47. The second-order valence-corrected chi connectivity index (χ2v) is 12.0. The van der Waals surface area contributed by atoms with E-state index in [4.69, 9.17) is 4.52 Å². The number of hydrogen-bond acceptors (Lipinski definition) is 8. The van der Waals surface area contributed by atoms with Crippen LogP contribution in [0.5, 0.6) is 0 Å². The highest BCUT2D eigenvalue weighted by atomic mass is 32.2. The van der Waals surface area contributed by atoms with E-state index in [1.165, 1.54) is 47.7 Å². The fraction of sp³-hybridized carbons (Fsp3) is 0.0323. The molecule has 13 heteroatoms. The van der Waals surface area contributed by atoms with E-state index in [0.717, 1.165) is 17.7 Å². The van der Waals surface area contributed by atoms with E-state index in [1.807, 2.05) is 17.5 Å². The van der Waals surface area contributed by atoms with Gasteiger partial charge in [-0.15, -0.1) is 11.3 Å². The number of hydrogen-bond donors (Lipinski definition) is 1. The first-order valence-corrected chi connectivity index (χ1v) is 15.2. The van der Waals surface area contributed by atoms with Crippen molar-refractivity contribution in [2.75, 3.05) is 0 Å². The zero-order valence-corrected chi connectivity index (χ0v) is 24.0. The van der Waals surface area contributed by atoms with Gasteiger partial charge < -0.3 is 4.52 Å². The highest BCUT2D eigenvalue weighted by Crippen LogP contribution is 2.34. The molecule has 0 unspecified atom stereocenters. The highest BCUT2D eigenvalue weighted by molar-refractivity contribution is 7.90. The molecule has 0 saturated carbocycles. The Morgan fingerprint density at radius 1 is 0.773 bits per heavy atom. The normalized spacial score (nSPS) is 11.8. The molecular formula is C31H19F3N4O4S2. The van der Waals surface area contributed by atoms with Crippen molar-refractivity contribution in [3.8, 4) is 44.7 Å². The van der Waals surface area contributed by atoms with Gasteiger partial charge in [-0.25, -0.2) is 18.1 Å². The molecule has 1 amide bonds. The lowest BCUT2D eigenvalue weighted by Gasteiger charge is -2.07. The Labute approximate surface area is 252 Å². The van der Waals surface area contributed by atoms with Gasteiger partial charge >= 0.3 is 6.18 Å². The SMILES string of the molecule is O=C(NS(=O)(=O)c1ccccc1)c1cccc(-c2nc(-c3ccc(-c4csc(-c5ccc(C(F)(F)F)cc5)n4)cc3)no2)c1. The maximum Gasteiger partial charge on any atom is 0.416 e. The van der Waals surface area contributed by atoms with Crippen LogP contribution >= 0.6 is 11.3 Å². The van der Waals surface area contributed by atoms with Crippen LogP contribution in [0.1, 0.15) is 15.9 Å². The Kier molecular flexibility index (Phi) is 7.57. The van der Waals surface area contributed by atoms with Crippen LogP contribution < -0.4 is 4.72 Å². The predicted octanol–water partition coefficient (Wildman–Crippen LogP) is 7.33. The molecule has 0 aliphatic rings. The lowest BCUT2D eigenvalue weighted by atomic mass is 10.1. The summed E-state index contributed by atoms with van der Waals surface area (Å²) in [4.78, 5) is 21.7. The summed E-state index contributed by atoms with van der Waals surface area (Å²) < 4.78 is 71.2. The Hall–Kier alpha value is -5.14. The number of aromatic nitrogens is 3. The van der Waals surface area contributed by atoms with Gasteiger partial charge in [-0.1, -0.05) is 65.8 Å². The van der Waals surface area contributed by atoms with Crippen molar-refractivity contribution in [3.63, 3.8) is 0 Å². The number of alkyl halides is 3. The summed E-state index contributed by atoms with van der Waals surface area (Å²) in [5.74, 6) is -0.392. The van der Waals surface area contributed by atoms with Gasteiger partial charge in [0.05, 0.1) is 16.2 Å². The molecule has 44 heavy (non-hydrogen) atoms. The van der Waals surface area contributed by atoms with Crippen molar-refractivity contribution >= 4 is 27.3 Å². The zero-order chi connectivity index (χ0) is 30.9. The third kappa shape index (κ3) is 6.14. The number of carbonyl (C=O) groups excluding carboxylic acids is 1. The number of amides is 1. The Balaban J connectivity index is 1.16. The molecule has 0 spiro atoms. The molecule has 0 aliphatic carbocycles. The van der Waals surface area contributed by atoms with Gasteiger partial charge in [0, 0.05) is 33.2 Å². The fourth-order valence-electron chi connectivity index (χ4n) is 4.22. The predicted molar refractivity (Wildman–Crippen MR) is 158 cm³/mol. The largest absolute Gasteiger partial charge is 0.416 e. The molecule has 4 aromatic carbocycles. The molecule has 0 fully saturated rings. The van der Waals surface area contributed by atoms with E-state index in [1.54, 1.807) is 42.5 Å². The van der Waals surface area contributed by atoms with Crippen LogP contribution in [0, 0.1) is 0 Å². The molecule has 0 bridgehead atoms. The number of rotatable bonds is 7. The maximum atomic E-state index is 12.9. The number of nitrogens with zero attached hydrogens (tertiary/aromatic N) is 3. The first kappa shape index (κ1) is 29.0. The van der Waals surface area contributed by atoms with Crippen molar-refractivity contribution in [1.29, 1.82) is 0 Å². The third-order valence-corrected chi connectivity index (χ3v) is 8.72. The van der Waals surface area contributed by atoms with E-state index < -0.39 is 27.7 Å². The summed E-state index contributed by atoms with van der Waals surface area (Å²) in [6.45, 7) is 0. The first-order valence-electron chi connectivity index (χ1n) is 12.9. The molecule has 2 heterocycles. The average molecular weight is 633 g/mol. The molecular weight excluding hydrogens is 613 g/mol. The number of sulfonamides is 1. The van der Waals surface area contributed by atoms with Crippen molar-refractivity contribution in [2.24, 2.45) is 0 Å². The molecule has 0 atom stereocenters. The minimum Gasteiger partial charge on any atom is -0.334 e. The summed E-state index contributed by atoms with van der Waals surface area (Å²) >= 11 is 1.32. The molecule has 6 aromatic rings. The van der Waals surface area contributed by atoms with E-state index in [0.29, 0.717) is 27.4 Å². The third-order valence-electron chi connectivity index (χ3n) is 6.48. The lowest BCUT2D eigenvalue weighted by Crippen LogP contribution is -2.30. The van der Waals surface area contributed by atoms with Crippen LogP contribution in [-0.4, -0.2) is 29.4 Å². The van der Waals surface area contributed by atoms with E-state index in [-0.39, 0.29) is 22.2 Å². The second kappa shape index (κ2) is 11.5. The summed E-state index contributed by atoms with van der Waals surface area (Å²) in [7, 11) is -4.05. The van der Waals surface area contributed by atoms with Crippen LogP contribution in [0.4, 0.5) is 13.2 Å². The smallest absolute Gasteiger partial charge is 0.334 e. The fourth-order valence-corrected chi connectivity index (χ4v) is 6.05. The van der Waals surface area contributed by atoms with Crippen molar-refractivity contribution in [3.05, 3.63) is 120 Å². The Bertz CT molecular complexity index is 2060. The maximum absolute atomic E-state index is 12.9. The Morgan fingerprint density at radius 3 is 2.16 bits per heavy atom. The summed E-state index contributed by atoms with van der Waals surface area (Å²) in [6.07, 6.45) is -4.40. The number of nitrogens with one attached hydrogen (secondary N) is 1. The van der Waals surface area contributed by atoms with Gasteiger partial charge in [0.25, 0.3) is 21.8 Å². The van der Waals surface area contributed by atoms with E-state index >= 15 is 0 Å². The number of benzene rings is 4. The molecule has 0 saturated heterocycles. The minimum atomic E-state index is -4.40. The van der Waals surface area contributed by atoms with Crippen molar-refractivity contribution in [1.82, 2.24) is 19.8 Å². The topological polar surface area (TPSA) is 115 Å². The van der Waals surface area contributed by atoms with Crippen LogP contribution in [0.3, 0.4) is 0 Å². The van der Waals surface area contributed by atoms with Crippen LogP contribution in [-0.2, 0) is 16.2 Å². The molecule has 1 N–H and O–H groups in total. The number of carbonyl (C=O) groups is 1. The molecule has 6 rings (SSSR count). The van der Waals surface area contributed by atoms with Gasteiger partial charge in [-0.3, -0.25) is 4.79 Å². The number of thiazole rings is 1. The van der Waals surface area contributed by atoms with Crippen molar-refractivity contribution < 1.29 is 30.9 Å². The van der Waals surface area contributed by atoms with Gasteiger partial charge in [0.15, 0.2) is 0 Å². The van der Waals surface area contributed by atoms with Crippen LogP contribution in [0.15, 0.2) is 118 Å². The highest BCUT2D eigenvalue weighted by Gasteiger charge is 2.30. The van der Waals surface area contributed by atoms with Gasteiger partial charge in [-0.2, -0.15) is 18.2 Å². The zero-order valence-electron chi connectivity index (χ0n) is 22.3. The van der Waals surface area contributed by atoms with Gasteiger partial charge in [0.1, 0.15) is 5.01 Å². The summed E-state index contributed by atoms with van der Waals surface area (Å²) in [5, 5.41) is 6.44. The first-order chi connectivity index (χ1) is 21.1. The van der Waals surface area contributed by atoms with Gasteiger partial charge in [0.2, 0.25) is 5.82 Å². The second-order valence-electron chi connectivity index (χ2n) is 9.44. The van der Waals surface area contributed by atoms with Crippen LogP contribution in [0.25, 0.3) is 44.7 Å². The molecule has 0 radical (unpaired) electrons. The lowest BCUT2D eigenvalue weighted by molar-refractivity contribution is -0.137. The quantitative estimate of drug-likeness (QED) is 0.196. The molecule has 2 aromatic heterocycles. The molecule has 220 valence electrons. The van der Waals surface area contributed by atoms with E-state index in [9.17, 15) is 26.4 Å². The molecule has 0 aliphatic heterocycles. The monoisotopic (exact) mass is 632 g/mol.